The fourth-order valence-electron chi connectivity index (χ4n) is 1.96. The van der Waals surface area contributed by atoms with Crippen LogP contribution >= 0.6 is 11.3 Å². The maximum Gasteiger partial charge on any atom is 0.325 e. The summed E-state index contributed by atoms with van der Waals surface area (Å²) in [4.78, 5) is 16.3. The molecule has 2 amide bonds. The van der Waals surface area contributed by atoms with E-state index in [0.29, 0.717) is 16.5 Å². The lowest BCUT2D eigenvalue weighted by molar-refractivity contribution is 0.262. The number of hydrogen-bond acceptors (Lipinski definition) is 4. The molecule has 0 aliphatic heterocycles. The van der Waals surface area contributed by atoms with Gasteiger partial charge in [0.25, 0.3) is 0 Å². The number of amides is 2. The molecule has 0 saturated heterocycles. The van der Waals surface area contributed by atoms with Gasteiger partial charge in [-0.1, -0.05) is 23.5 Å². The van der Waals surface area contributed by atoms with Crippen LogP contribution in [0.3, 0.4) is 0 Å². The second-order valence-electron chi connectivity index (χ2n) is 4.69. The fourth-order valence-corrected chi connectivity index (χ4v) is 2.92. The Hall–Kier alpha value is -2.60. The van der Waals surface area contributed by atoms with Crippen molar-refractivity contribution >= 4 is 44.1 Å². The Kier molecular flexibility index (Phi) is 3.45. The number of nitrogens with zero attached hydrogens (tertiary/aromatic N) is 1. The summed E-state index contributed by atoms with van der Waals surface area (Å²) < 4.78 is 1.05. The summed E-state index contributed by atoms with van der Waals surface area (Å²) in [5.74, 6) is 0. The minimum Gasteiger partial charge on any atom is -0.399 e. The van der Waals surface area contributed by atoms with Crippen molar-refractivity contribution in [2.75, 3.05) is 16.4 Å². The summed E-state index contributed by atoms with van der Waals surface area (Å²) in [6.45, 7) is 2.03. The van der Waals surface area contributed by atoms with Gasteiger partial charge in [0.2, 0.25) is 0 Å². The van der Waals surface area contributed by atoms with E-state index in [1.165, 1.54) is 16.9 Å². The van der Waals surface area contributed by atoms with Crippen LogP contribution in [0.2, 0.25) is 0 Å². The van der Waals surface area contributed by atoms with Crippen molar-refractivity contribution in [1.29, 1.82) is 0 Å². The van der Waals surface area contributed by atoms with Crippen LogP contribution in [0.1, 0.15) is 5.56 Å². The van der Waals surface area contributed by atoms with Crippen LogP contribution in [0.5, 0.6) is 0 Å². The number of aryl methyl sites for hydroxylation is 1. The first-order valence-corrected chi connectivity index (χ1v) is 7.22. The zero-order chi connectivity index (χ0) is 14.8. The molecule has 0 atom stereocenters. The number of rotatable bonds is 2. The second-order valence-corrected chi connectivity index (χ2v) is 5.73. The summed E-state index contributed by atoms with van der Waals surface area (Å²) in [5.41, 5.74) is 8.96. The third kappa shape index (κ3) is 3.11. The average Bonchev–Trinajstić information content (AvgIpc) is 2.79. The van der Waals surface area contributed by atoms with E-state index in [1.54, 1.807) is 24.3 Å². The molecule has 2 aromatic carbocycles. The molecular weight excluding hydrogens is 284 g/mol. The van der Waals surface area contributed by atoms with E-state index >= 15 is 0 Å². The highest BCUT2D eigenvalue weighted by Gasteiger charge is 2.08. The molecule has 4 N–H and O–H groups in total. The number of carbonyl (C=O) groups is 1. The number of benzene rings is 2. The molecule has 1 aromatic heterocycles. The first-order valence-electron chi connectivity index (χ1n) is 6.41. The molecule has 5 nitrogen and oxygen atoms in total. The summed E-state index contributed by atoms with van der Waals surface area (Å²) >= 11 is 1.45. The second kappa shape index (κ2) is 5.41. The molecule has 0 radical (unpaired) electrons. The van der Waals surface area contributed by atoms with Crippen molar-refractivity contribution in [2.45, 2.75) is 6.92 Å². The van der Waals surface area contributed by atoms with Gasteiger partial charge in [0.15, 0.2) is 5.13 Å². The Labute approximate surface area is 125 Å². The highest BCUT2D eigenvalue weighted by Crippen LogP contribution is 2.26. The van der Waals surface area contributed by atoms with Crippen LogP contribution in [0.15, 0.2) is 42.5 Å². The highest BCUT2D eigenvalue weighted by molar-refractivity contribution is 7.22. The van der Waals surface area contributed by atoms with E-state index in [9.17, 15) is 4.79 Å². The van der Waals surface area contributed by atoms with Crippen LogP contribution in [0.25, 0.3) is 10.2 Å². The van der Waals surface area contributed by atoms with Gasteiger partial charge in [0, 0.05) is 11.4 Å². The third-order valence-corrected chi connectivity index (χ3v) is 3.84. The third-order valence-electron chi connectivity index (χ3n) is 2.91. The van der Waals surface area contributed by atoms with Crippen molar-refractivity contribution in [2.24, 2.45) is 0 Å². The van der Waals surface area contributed by atoms with Crippen LogP contribution in [-0.2, 0) is 0 Å². The van der Waals surface area contributed by atoms with E-state index in [2.05, 4.69) is 15.6 Å². The molecule has 0 saturated carbocycles. The summed E-state index contributed by atoms with van der Waals surface area (Å²) in [7, 11) is 0. The van der Waals surface area contributed by atoms with Crippen LogP contribution in [0, 0.1) is 6.92 Å². The molecule has 0 fully saturated rings. The Morgan fingerprint density at radius 3 is 2.86 bits per heavy atom. The molecule has 3 aromatic rings. The largest absolute Gasteiger partial charge is 0.399 e. The summed E-state index contributed by atoms with van der Waals surface area (Å²) in [5, 5.41) is 6.03. The predicted molar refractivity (Wildman–Crippen MR) is 87.9 cm³/mol. The van der Waals surface area contributed by atoms with Gasteiger partial charge in [-0.15, -0.1) is 0 Å². The fraction of sp³-hybridized carbons (Fsp3) is 0.0667. The number of nitrogen functional groups attached to an aromatic ring is 1. The molecule has 3 rings (SSSR count). The molecule has 0 bridgehead atoms. The van der Waals surface area contributed by atoms with Crippen LogP contribution in [-0.4, -0.2) is 11.0 Å². The van der Waals surface area contributed by atoms with Gasteiger partial charge in [0.1, 0.15) is 0 Å². The van der Waals surface area contributed by atoms with E-state index < -0.39 is 0 Å². The van der Waals surface area contributed by atoms with Gasteiger partial charge in [-0.2, -0.15) is 0 Å². The normalized spacial score (nSPS) is 10.5. The molecule has 6 heteroatoms. The lowest BCUT2D eigenvalue weighted by Crippen LogP contribution is -2.19. The van der Waals surface area contributed by atoms with Gasteiger partial charge in [-0.25, -0.2) is 9.78 Å². The highest BCUT2D eigenvalue weighted by atomic mass is 32.1. The topological polar surface area (TPSA) is 80.0 Å². The quantitative estimate of drug-likeness (QED) is 0.629. The number of fused-ring (bicyclic) bond motifs is 1. The number of nitrogens with two attached hydrogens (primary N) is 1. The molecule has 106 valence electrons. The minimum absolute atomic E-state index is 0.337. The van der Waals surface area contributed by atoms with Gasteiger partial charge in [-0.05, 0) is 42.8 Å². The number of anilines is 3. The first kappa shape index (κ1) is 13.4. The van der Waals surface area contributed by atoms with E-state index in [-0.39, 0.29) is 6.03 Å². The maximum atomic E-state index is 11.9. The Morgan fingerprint density at radius 1 is 1.19 bits per heavy atom. The Balaban J connectivity index is 1.74. The average molecular weight is 298 g/mol. The molecule has 21 heavy (non-hydrogen) atoms. The van der Waals surface area contributed by atoms with Crippen molar-refractivity contribution in [1.82, 2.24) is 4.98 Å². The van der Waals surface area contributed by atoms with Crippen LogP contribution in [0.4, 0.5) is 21.3 Å². The smallest absolute Gasteiger partial charge is 0.325 e. The van der Waals surface area contributed by atoms with E-state index in [0.717, 1.165) is 10.2 Å². The zero-order valence-electron chi connectivity index (χ0n) is 11.4. The van der Waals surface area contributed by atoms with Gasteiger partial charge < -0.3 is 11.1 Å². The maximum absolute atomic E-state index is 11.9. The monoisotopic (exact) mass is 298 g/mol. The molecule has 0 spiro atoms. The number of carbonyl (C=O) groups excluding carboxylic acids is 1. The first-order chi connectivity index (χ1) is 10.1. The molecule has 0 aliphatic rings. The standard InChI is InChI=1S/C15H14N4OS/c1-9-5-6-12-13(7-9)21-15(18-12)19-14(20)17-11-4-2-3-10(16)8-11/h2-8H,16H2,1H3,(H2,17,18,19,20). The Morgan fingerprint density at radius 2 is 2.05 bits per heavy atom. The van der Waals surface area contributed by atoms with Crippen molar-refractivity contribution in [3.05, 3.63) is 48.0 Å². The molecule has 0 unspecified atom stereocenters. The van der Waals surface area contributed by atoms with E-state index in [1.807, 2.05) is 25.1 Å². The zero-order valence-corrected chi connectivity index (χ0v) is 12.2. The van der Waals surface area contributed by atoms with Gasteiger partial charge in [0.05, 0.1) is 10.2 Å². The van der Waals surface area contributed by atoms with Crippen molar-refractivity contribution in [3.63, 3.8) is 0 Å². The number of aromatic nitrogens is 1. The van der Waals surface area contributed by atoms with E-state index in [4.69, 9.17) is 5.73 Å². The summed E-state index contributed by atoms with van der Waals surface area (Å²) in [6, 6.07) is 12.7. The number of nitrogens with one attached hydrogen (secondary N) is 2. The SMILES string of the molecule is Cc1ccc2nc(NC(=O)Nc3cccc(N)c3)sc2c1. The van der Waals surface area contributed by atoms with Crippen LogP contribution < -0.4 is 16.4 Å². The van der Waals surface area contributed by atoms with Crippen molar-refractivity contribution in [3.8, 4) is 0 Å². The predicted octanol–water partition coefficient (Wildman–Crippen LogP) is 3.83. The number of hydrogen-bond donors (Lipinski definition) is 3. The van der Waals surface area contributed by atoms with Gasteiger partial charge >= 0.3 is 6.03 Å². The lowest BCUT2D eigenvalue weighted by atomic mass is 10.2. The lowest BCUT2D eigenvalue weighted by Gasteiger charge is -2.05. The van der Waals surface area contributed by atoms with Gasteiger partial charge in [-0.3, -0.25) is 5.32 Å². The molecular formula is C15H14N4OS. The number of thiazole rings is 1. The number of urea groups is 1. The summed E-state index contributed by atoms with van der Waals surface area (Å²) in [6.07, 6.45) is 0. The molecule has 0 aliphatic carbocycles. The Bertz CT molecular complexity index is 812. The minimum atomic E-state index is -0.337. The molecule has 1 heterocycles. The van der Waals surface area contributed by atoms with Crippen molar-refractivity contribution < 1.29 is 4.79 Å².